The van der Waals surface area contributed by atoms with Gasteiger partial charge in [-0.2, -0.15) is 0 Å². The van der Waals surface area contributed by atoms with Gasteiger partial charge in [0.1, 0.15) is 5.75 Å². The van der Waals surface area contributed by atoms with Gasteiger partial charge in [0, 0.05) is 24.3 Å². The van der Waals surface area contributed by atoms with Gasteiger partial charge in [0.15, 0.2) is 11.3 Å². The minimum absolute atomic E-state index is 0.00327. The predicted octanol–water partition coefficient (Wildman–Crippen LogP) is 4.02. The average molecular weight is 479 g/mol. The third-order valence-corrected chi connectivity index (χ3v) is 7.64. The highest BCUT2D eigenvalue weighted by Gasteiger charge is 2.32. The highest BCUT2D eigenvalue weighted by Crippen LogP contribution is 2.38. The molecule has 9 heteroatoms. The minimum atomic E-state index is -3.57. The lowest BCUT2D eigenvalue weighted by atomic mass is 10.1. The predicted molar refractivity (Wildman–Crippen MR) is 131 cm³/mol. The summed E-state index contributed by atoms with van der Waals surface area (Å²) in [5.74, 6) is -0.665. The summed E-state index contributed by atoms with van der Waals surface area (Å²) in [6, 6.07) is 18.6. The summed E-state index contributed by atoms with van der Waals surface area (Å²) in [5.41, 5.74) is 1.54. The number of anilines is 2. The van der Waals surface area contributed by atoms with Crippen molar-refractivity contribution < 1.29 is 23.0 Å². The fourth-order valence-corrected chi connectivity index (χ4v) is 5.63. The van der Waals surface area contributed by atoms with Gasteiger partial charge in [-0.25, -0.2) is 8.42 Å². The fraction of sp³-hybridized carbons (Fsp3) is 0.160. The van der Waals surface area contributed by atoms with E-state index < -0.39 is 21.2 Å². The Labute approximate surface area is 195 Å². The van der Waals surface area contributed by atoms with E-state index in [-0.39, 0.29) is 40.5 Å². The molecule has 0 unspecified atom stereocenters. The number of aromatic hydroxyl groups is 2. The second-order valence-corrected chi connectivity index (χ2v) is 10.1. The van der Waals surface area contributed by atoms with Crippen LogP contribution in [0.4, 0.5) is 11.4 Å². The summed E-state index contributed by atoms with van der Waals surface area (Å²) < 4.78 is 32.7. The molecule has 0 spiro atoms. The summed E-state index contributed by atoms with van der Waals surface area (Å²) in [6.45, 7) is 0.722. The van der Waals surface area contributed by atoms with Gasteiger partial charge in [-0.15, -0.1) is 0 Å². The van der Waals surface area contributed by atoms with E-state index in [9.17, 15) is 23.4 Å². The Balaban J connectivity index is 1.70. The molecule has 0 aliphatic carbocycles. The van der Waals surface area contributed by atoms with Crippen molar-refractivity contribution in [3.05, 3.63) is 82.5 Å². The summed E-state index contributed by atoms with van der Waals surface area (Å²) in [7, 11) is -3.57. The largest absolute Gasteiger partial charge is 0.508 e. The first kappa shape index (κ1) is 21.8. The van der Waals surface area contributed by atoms with Crippen LogP contribution in [0.15, 0.2) is 75.9 Å². The monoisotopic (exact) mass is 478 g/mol. The van der Waals surface area contributed by atoms with E-state index in [4.69, 9.17) is 4.42 Å². The summed E-state index contributed by atoms with van der Waals surface area (Å²) in [6.07, 6.45) is 0.457. The molecule has 1 aromatic heterocycles. The molecule has 1 saturated heterocycles. The van der Waals surface area contributed by atoms with Crippen molar-refractivity contribution in [3.8, 4) is 22.8 Å². The first-order valence-corrected chi connectivity index (χ1v) is 12.4. The van der Waals surface area contributed by atoms with Crippen molar-refractivity contribution in [1.82, 2.24) is 0 Å². The molecule has 1 fully saturated rings. The van der Waals surface area contributed by atoms with Gasteiger partial charge in [0.25, 0.3) is 0 Å². The number of fused-ring (bicyclic) bond motifs is 1. The number of hydrogen-bond acceptors (Lipinski definition) is 7. The Morgan fingerprint density at radius 3 is 2.41 bits per heavy atom. The van der Waals surface area contributed by atoms with Crippen molar-refractivity contribution >= 4 is 32.4 Å². The van der Waals surface area contributed by atoms with E-state index in [1.807, 2.05) is 30.3 Å². The van der Waals surface area contributed by atoms with Crippen LogP contribution in [0.3, 0.4) is 0 Å². The van der Waals surface area contributed by atoms with E-state index >= 15 is 0 Å². The summed E-state index contributed by atoms with van der Waals surface area (Å²) in [4.78, 5) is 13.2. The maximum atomic E-state index is 13.2. The Kier molecular flexibility index (Phi) is 5.41. The lowest BCUT2D eigenvalue weighted by Crippen LogP contribution is -2.25. The molecule has 3 N–H and O–H groups in total. The number of benzene rings is 3. The first-order valence-electron chi connectivity index (χ1n) is 10.7. The van der Waals surface area contributed by atoms with Crippen molar-refractivity contribution in [1.29, 1.82) is 0 Å². The number of phenolic OH excluding ortho intramolecular Hbond substituents is 1. The maximum Gasteiger partial charge on any atom is 0.235 e. The molecular formula is C25H22N2O6S. The van der Waals surface area contributed by atoms with Crippen molar-refractivity contribution in [2.24, 2.45) is 0 Å². The van der Waals surface area contributed by atoms with Crippen LogP contribution in [0.2, 0.25) is 0 Å². The second-order valence-electron chi connectivity index (χ2n) is 8.11. The number of sulfonamides is 1. The van der Waals surface area contributed by atoms with Crippen molar-refractivity contribution in [2.75, 3.05) is 21.9 Å². The van der Waals surface area contributed by atoms with E-state index in [1.165, 1.54) is 28.6 Å². The second kappa shape index (κ2) is 8.42. The maximum absolute atomic E-state index is 13.2. The highest BCUT2D eigenvalue weighted by atomic mass is 32.2. The quantitative estimate of drug-likeness (QED) is 0.396. The van der Waals surface area contributed by atoms with E-state index in [0.29, 0.717) is 24.2 Å². The van der Waals surface area contributed by atoms with Crippen LogP contribution in [-0.2, 0) is 16.6 Å². The summed E-state index contributed by atoms with van der Waals surface area (Å²) in [5, 5.41) is 23.5. The average Bonchev–Trinajstić information content (AvgIpc) is 3.19. The zero-order chi connectivity index (χ0) is 23.9. The number of nitrogens with one attached hydrogen (secondary N) is 1. The third kappa shape index (κ3) is 3.94. The van der Waals surface area contributed by atoms with Crippen LogP contribution in [-0.4, -0.2) is 30.9 Å². The molecule has 8 nitrogen and oxygen atoms in total. The zero-order valence-electron chi connectivity index (χ0n) is 18.1. The molecule has 0 bridgehead atoms. The summed E-state index contributed by atoms with van der Waals surface area (Å²) >= 11 is 0. The molecule has 3 aromatic carbocycles. The Morgan fingerprint density at radius 1 is 1.00 bits per heavy atom. The SMILES string of the molecule is O=c1c(O)c(-c2ccc(O)cc2)oc2c(N3CCCS3(=O)=O)cc(NCc3ccccc3)cc12. The van der Waals surface area contributed by atoms with Gasteiger partial charge in [-0.05, 0) is 48.4 Å². The zero-order valence-corrected chi connectivity index (χ0v) is 18.9. The van der Waals surface area contributed by atoms with Crippen molar-refractivity contribution in [3.63, 3.8) is 0 Å². The molecule has 34 heavy (non-hydrogen) atoms. The third-order valence-electron chi connectivity index (χ3n) is 5.79. The molecule has 1 aliphatic heterocycles. The molecule has 0 radical (unpaired) electrons. The number of rotatable bonds is 5. The molecule has 0 amide bonds. The molecular weight excluding hydrogens is 456 g/mol. The van der Waals surface area contributed by atoms with Crippen LogP contribution in [0.25, 0.3) is 22.3 Å². The standard InChI is InChI=1S/C25H22N2O6S/c28-19-9-7-17(8-10-19)24-23(30)22(29)20-13-18(26-15-16-5-2-1-3-6-16)14-21(25(20)33-24)27-11-4-12-34(27,31)32/h1-3,5-10,13-14,26,28,30H,4,11-12,15H2. The molecule has 5 rings (SSSR count). The molecule has 2 heterocycles. The minimum Gasteiger partial charge on any atom is -0.508 e. The van der Waals surface area contributed by atoms with E-state index in [1.54, 1.807) is 12.1 Å². The lowest BCUT2D eigenvalue weighted by molar-refractivity contribution is 0.449. The Bertz CT molecular complexity index is 1530. The molecule has 1 aliphatic rings. The van der Waals surface area contributed by atoms with Crippen molar-refractivity contribution in [2.45, 2.75) is 13.0 Å². The van der Waals surface area contributed by atoms with Gasteiger partial charge in [-0.3, -0.25) is 9.10 Å². The fourth-order valence-electron chi connectivity index (χ4n) is 4.08. The van der Waals surface area contributed by atoms with Crippen LogP contribution in [0.1, 0.15) is 12.0 Å². The van der Waals surface area contributed by atoms with Gasteiger partial charge in [-0.1, -0.05) is 30.3 Å². The molecule has 0 atom stereocenters. The highest BCUT2D eigenvalue weighted by molar-refractivity contribution is 7.93. The Hall–Kier alpha value is -3.98. The molecule has 4 aromatic rings. The van der Waals surface area contributed by atoms with Gasteiger partial charge in [0.05, 0.1) is 16.8 Å². The number of hydrogen-bond donors (Lipinski definition) is 3. The molecule has 174 valence electrons. The number of nitrogens with zero attached hydrogens (tertiary/aromatic N) is 1. The Morgan fingerprint density at radius 2 is 1.74 bits per heavy atom. The molecule has 0 saturated carbocycles. The van der Waals surface area contributed by atoms with Crippen LogP contribution < -0.4 is 15.1 Å². The van der Waals surface area contributed by atoms with Crippen LogP contribution in [0, 0.1) is 0 Å². The van der Waals surface area contributed by atoms with Gasteiger partial charge in [0.2, 0.25) is 21.2 Å². The van der Waals surface area contributed by atoms with Crippen LogP contribution in [0.5, 0.6) is 11.5 Å². The van der Waals surface area contributed by atoms with E-state index in [0.717, 1.165) is 5.56 Å². The topological polar surface area (TPSA) is 120 Å². The van der Waals surface area contributed by atoms with Gasteiger partial charge < -0.3 is 19.9 Å². The number of phenols is 1. The van der Waals surface area contributed by atoms with E-state index in [2.05, 4.69) is 5.32 Å². The normalized spacial score (nSPS) is 15.0. The van der Waals surface area contributed by atoms with Gasteiger partial charge >= 0.3 is 0 Å². The first-order chi connectivity index (χ1) is 16.3. The lowest BCUT2D eigenvalue weighted by Gasteiger charge is -2.20. The van der Waals surface area contributed by atoms with Crippen LogP contribution >= 0.6 is 0 Å². The smallest absolute Gasteiger partial charge is 0.235 e.